The highest BCUT2D eigenvalue weighted by Crippen LogP contribution is 2.31. The monoisotopic (exact) mass is 264 g/mol. The second-order valence-corrected chi connectivity index (χ2v) is 6.81. The summed E-state index contributed by atoms with van der Waals surface area (Å²) in [6.45, 7) is 1.99. The third-order valence-electron chi connectivity index (χ3n) is 5.66. The summed E-state index contributed by atoms with van der Waals surface area (Å²) in [5.74, 6) is 0.812. The molecule has 3 heteroatoms. The minimum Gasteiger partial charge on any atom is -0.341 e. The highest BCUT2D eigenvalue weighted by atomic mass is 16.2. The van der Waals surface area contributed by atoms with Crippen LogP contribution in [0.4, 0.5) is 0 Å². The van der Waals surface area contributed by atoms with Gasteiger partial charge in [0.05, 0.1) is 0 Å². The molecular formula is C16H28N2O. The average molecular weight is 264 g/mol. The minimum atomic E-state index is 0.337. The van der Waals surface area contributed by atoms with Gasteiger partial charge >= 0.3 is 0 Å². The molecule has 3 nitrogen and oxygen atoms in total. The Kier molecular flexibility index (Phi) is 4.11. The number of likely N-dealkylation sites (tertiary alicyclic amines) is 1. The first kappa shape index (κ1) is 13.4. The summed E-state index contributed by atoms with van der Waals surface area (Å²) in [7, 11) is 2.25. The first-order chi connectivity index (χ1) is 9.25. The average Bonchev–Trinajstić information content (AvgIpc) is 2.62. The van der Waals surface area contributed by atoms with Gasteiger partial charge < -0.3 is 4.90 Å². The number of amides is 1. The largest absolute Gasteiger partial charge is 0.341 e. The Morgan fingerprint density at radius 2 is 1.58 bits per heavy atom. The SMILES string of the molecule is CN1[C@H]2CC[C@H]1CN(C(=O)C1CCCCCC1)CC2. The third kappa shape index (κ3) is 2.81. The van der Waals surface area contributed by atoms with Crippen LogP contribution >= 0.6 is 0 Å². The number of nitrogens with zero attached hydrogens (tertiary/aromatic N) is 2. The van der Waals surface area contributed by atoms with Crippen LogP contribution in [0.2, 0.25) is 0 Å². The molecule has 2 bridgehead atoms. The lowest BCUT2D eigenvalue weighted by Crippen LogP contribution is -2.42. The lowest BCUT2D eigenvalue weighted by Gasteiger charge is -2.29. The molecule has 108 valence electrons. The molecule has 1 amide bonds. The van der Waals surface area contributed by atoms with Crippen molar-refractivity contribution in [3.05, 3.63) is 0 Å². The Labute approximate surface area is 117 Å². The molecule has 0 unspecified atom stereocenters. The van der Waals surface area contributed by atoms with Gasteiger partial charge in [-0.1, -0.05) is 25.7 Å². The van der Waals surface area contributed by atoms with Gasteiger partial charge in [-0.15, -0.1) is 0 Å². The van der Waals surface area contributed by atoms with E-state index in [1.165, 1.54) is 44.9 Å². The normalized spacial score (nSPS) is 34.1. The zero-order chi connectivity index (χ0) is 13.2. The van der Waals surface area contributed by atoms with Crippen LogP contribution in [0.3, 0.4) is 0 Å². The summed E-state index contributed by atoms with van der Waals surface area (Å²) in [4.78, 5) is 17.5. The predicted molar refractivity (Wildman–Crippen MR) is 77.0 cm³/mol. The van der Waals surface area contributed by atoms with E-state index in [4.69, 9.17) is 0 Å². The molecule has 2 atom stereocenters. The quantitative estimate of drug-likeness (QED) is 0.680. The molecule has 19 heavy (non-hydrogen) atoms. The van der Waals surface area contributed by atoms with Crippen molar-refractivity contribution in [2.75, 3.05) is 20.1 Å². The fourth-order valence-electron chi connectivity index (χ4n) is 4.29. The van der Waals surface area contributed by atoms with Crippen molar-refractivity contribution in [3.63, 3.8) is 0 Å². The van der Waals surface area contributed by atoms with Gasteiger partial charge in [-0.2, -0.15) is 0 Å². The molecule has 3 fully saturated rings. The fraction of sp³-hybridized carbons (Fsp3) is 0.938. The molecule has 0 aromatic carbocycles. The van der Waals surface area contributed by atoms with Crippen LogP contribution < -0.4 is 0 Å². The molecule has 2 heterocycles. The Morgan fingerprint density at radius 3 is 2.32 bits per heavy atom. The molecule has 2 aliphatic heterocycles. The van der Waals surface area contributed by atoms with Crippen LogP contribution in [0, 0.1) is 5.92 Å². The van der Waals surface area contributed by atoms with Gasteiger partial charge in [-0.3, -0.25) is 9.69 Å². The van der Waals surface area contributed by atoms with Crippen molar-refractivity contribution in [3.8, 4) is 0 Å². The van der Waals surface area contributed by atoms with E-state index >= 15 is 0 Å². The topological polar surface area (TPSA) is 23.6 Å². The summed E-state index contributed by atoms with van der Waals surface area (Å²) in [5.41, 5.74) is 0. The smallest absolute Gasteiger partial charge is 0.225 e. The zero-order valence-electron chi connectivity index (χ0n) is 12.3. The molecule has 0 spiro atoms. The molecule has 0 radical (unpaired) electrons. The van der Waals surface area contributed by atoms with Gasteiger partial charge in [0, 0.05) is 31.1 Å². The molecule has 0 N–H and O–H groups in total. The number of hydrogen-bond donors (Lipinski definition) is 0. The lowest BCUT2D eigenvalue weighted by atomic mass is 9.97. The van der Waals surface area contributed by atoms with E-state index in [0.717, 1.165) is 32.0 Å². The number of fused-ring (bicyclic) bond motifs is 2. The van der Waals surface area contributed by atoms with Crippen molar-refractivity contribution in [2.45, 2.75) is 69.9 Å². The second-order valence-electron chi connectivity index (χ2n) is 6.81. The maximum atomic E-state index is 12.7. The van der Waals surface area contributed by atoms with Crippen LogP contribution in [0.15, 0.2) is 0 Å². The molecule has 2 saturated heterocycles. The zero-order valence-corrected chi connectivity index (χ0v) is 12.3. The van der Waals surface area contributed by atoms with Crippen LogP contribution in [-0.4, -0.2) is 47.9 Å². The molecule has 3 rings (SSSR count). The number of carbonyl (C=O) groups excluding carboxylic acids is 1. The van der Waals surface area contributed by atoms with E-state index in [1.807, 2.05) is 0 Å². The molecule has 1 saturated carbocycles. The van der Waals surface area contributed by atoms with Crippen LogP contribution in [0.5, 0.6) is 0 Å². The predicted octanol–water partition coefficient (Wildman–Crippen LogP) is 2.65. The summed E-state index contributed by atoms with van der Waals surface area (Å²) in [6, 6.07) is 1.36. The Bertz CT molecular complexity index is 323. The third-order valence-corrected chi connectivity index (χ3v) is 5.66. The maximum Gasteiger partial charge on any atom is 0.225 e. The van der Waals surface area contributed by atoms with Gasteiger partial charge in [0.15, 0.2) is 0 Å². The van der Waals surface area contributed by atoms with Gasteiger partial charge in [0.2, 0.25) is 5.91 Å². The number of carbonyl (C=O) groups is 1. The Hall–Kier alpha value is -0.570. The highest BCUT2D eigenvalue weighted by molar-refractivity contribution is 5.79. The molecule has 3 aliphatic rings. The second kappa shape index (κ2) is 5.82. The van der Waals surface area contributed by atoms with Gasteiger partial charge in [-0.25, -0.2) is 0 Å². The van der Waals surface area contributed by atoms with Crippen molar-refractivity contribution >= 4 is 5.91 Å². The summed E-state index contributed by atoms with van der Waals surface area (Å²) in [6.07, 6.45) is 11.3. The van der Waals surface area contributed by atoms with E-state index in [9.17, 15) is 4.79 Å². The fourth-order valence-corrected chi connectivity index (χ4v) is 4.29. The van der Waals surface area contributed by atoms with Crippen molar-refractivity contribution in [1.29, 1.82) is 0 Å². The van der Waals surface area contributed by atoms with Gasteiger partial charge in [0.25, 0.3) is 0 Å². The van der Waals surface area contributed by atoms with E-state index in [-0.39, 0.29) is 0 Å². The Morgan fingerprint density at radius 1 is 0.895 bits per heavy atom. The van der Waals surface area contributed by atoms with Gasteiger partial charge in [-0.05, 0) is 39.2 Å². The van der Waals surface area contributed by atoms with E-state index in [2.05, 4.69) is 16.8 Å². The van der Waals surface area contributed by atoms with Crippen LogP contribution in [0.1, 0.15) is 57.8 Å². The van der Waals surface area contributed by atoms with Crippen molar-refractivity contribution in [1.82, 2.24) is 9.80 Å². The first-order valence-electron chi connectivity index (χ1n) is 8.26. The summed E-state index contributed by atoms with van der Waals surface area (Å²) < 4.78 is 0. The van der Waals surface area contributed by atoms with Crippen molar-refractivity contribution < 1.29 is 4.79 Å². The van der Waals surface area contributed by atoms with Crippen LogP contribution in [0.25, 0.3) is 0 Å². The molecule has 0 aromatic heterocycles. The lowest BCUT2D eigenvalue weighted by molar-refractivity contribution is -0.136. The van der Waals surface area contributed by atoms with Crippen molar-refractivity contribution in [2.24, 2.45) is 5.92 Å². The first-order valence-corrected chi connectivity index (χ1v) is 8.26. The number of rotatable bonds is 1. The highest BCUT2D eigenvalue weighted by Gasteiger charge is 2.37. The molecule has 0 aromatic rings. The van der Waals surface area contributed by atoms with E-state index in [0.29, 0.717) is 17.9 Å². The minimum absolute atomic E-state index is 0.337. The standard InChI is InChI=1S/C16H28N2O/c1-17-14-8-9-15(17)12-18(11-10-14)16(19)13-6-4-2-3-5-7-13/h13-15H,2-12H2,1H3/t14-,15-/m0/s1. The summed E-state index contributed by atoms with van der Waals surface area (Å²) >= 11 is 0. The number of hydrogen-bond acceptors (Lipinski definition) is 2. The molecule has 1 aliphatic carbocycles. The van der Waals surface area contributed by atoms with E-state index < -0.39 is 0 Å². The summed E-state index contributed by atoms with van der Waals surface area (Å²) in [5, 5.41) is 0. The van der Waals surface area contributed by atoms with Crippen LogP contribution in [-0.2, 0) is 4.79 Å². The Balaban J connectivity index is 1.63. The van der Waals surface area contributed by atoms with E-state index in [1.54, 1.807) is 0 Å². The van der Waals surface area contributed by atoms with Gasteiger partial charge in [0.1, 0.15) is 0 Å². The number of likely N-dealkylation sites (N-methyl/N-ethyl adjacent to an activating group) is 1. The maximum absolute atomic E-state index is 12.7. The molecular weight excluding hydrogens is 236 g/mol.